The first-order valence-electron chi connectivity index (χ1n) is 5.14. The average Bonchev–Trinajstić information content (AvgIpc) is 2.83. The molecule has 18 heavy (non-hydrogen) atoms. The molecule has 0 amide bonds. The van der Waals surface area contributed by atoms with E-state index in [9.17, 15) is 8.42 Å². The molecule has 0 aromatic carbocycles. The highest BCUT2D eigenvalue weighted by Crippen LogP contribution is 2.23. The summed E-state index contributed by atoms with van der Waals surface area (Å²) in [7, 11) is -0.0571. The van der Waals surface area contributed by atoms with Crippen LogP contribution in [0.3, 0.4) is 0 Å². The second kappa shape index (κ2) is 4.65. The summed E-state index contributed by atoms with van der Waals surface area (Å²) in [6.07, 6.45) is 4.16. The molecule has 2 heterocycles. The van der Waals surface area contributed by atoms with E-state index >= 15 is 0 Å². The van der Waals surface area contributed by atoms with E-state index < -0.39 is 10.0 Å². The fraction of sp³-hybridized carbons (Fsp3) is 0.200. The van der Waals surface area contributed by atoms with E-state index in [0.717, 1.165) is 0 Å². The second-order valence-electron chi connectivity index (χ2n) is 3.81. The number of aromatic amines is 1. The van der Waals surface area contributed by atoms with Crippen LogP contribution < -0.4 is 9.62 Å². The molecule has 0 saturated carbocycles. The number of anilines is 2. The summed E-state index contributed by atoms with van der Waals surface area (Å²) in [5, 5.41) is 6.08. The van der Waals surface area contributed by atoms with Crippen molar-refractivity contribution in [3.05, 3.63) is 30.7 Å². The highest BCUT2D eigenvalue weighted by molar-refractivity contribution is 7.92. The average molecular weight is 267 g/mol. The summed E-state index contributed by atoms with van der Waals surface area (Å²) >= 11 is 0. The number of hydrogen-bond donors (Lipinski definition) is 2. The van der Waals surface area contributed by atoms with Crippen LogP contribution in [0.5, 0.6) is 0 Å². The predicted molar refractivity (Wildman–Crippen MR) is 68.0 cm³/mol. The number of nitrogens with one attached hydrogen (secondary N) is 2. The Kier molecular flexibility index (Phi) is 3.19. The van der Waals surface area contributed by atoms with Gasteiger partial charge in [-0.05, 0) is 12.1 Å². The van der Waals surface area contributed by atoms with E-state index in [2.05, 4.69) is 19.9 Å². The first-order valence-corrected chi connectivity index (χ1v) is 6.63. The highest BCUT2D eigenvalue weighted by atomic mass is 32.2. The SMILES string of the molecule is CN(C)c1ncccc1NS(=O)(=O)c1cn[nH]c1. The zero-order valence-electron chi connectivity index (χ0n) is 9.95. The summed E-state index contributed by atoms with van der Waals surface area (Å²) in [6.45, 7) is 0. The van der Waals surface area contributed by atoms with Gasteiger partial charge in [0, 0.05) is 26.5 Å². The molecule has 0 fully saturated rings. The molecule has 0 aliphatic rings. The molecule has 0 saturated heterocycles. The Morgan fingerprint density at radius 1 is 1.39 bits per heavy atom. The van der Waals surface area contributed by atoms with Gasteiger partial charge in [0.15, 0.2) is 5.82 Å². The minimum atomic E-state index is -3.64. The second-order valence-corrected chi connectivity index (χ2v) is 5.49. The largest absolute Gasteiger partial charge is 0.361 e. The van der Waals surface area contributed by atoms with E-state index in [1.54, 1.807) is 37.3 Å². The summed E-state index contributed by atoms with van der Waals surface area (Å²) in [5.74, 6) is 0.546. The Morgan fingerprint density at radius 2 is 2.17 bits per heavy atom. The van der Waals surface area contributed by atoms with Crippen molar-refractivity contribution >= 4 is 21.5 Å². The smallest absolute Gasteiger partial charge is 0.265 e. The van der Waals surface area contributed by atoms with Gasteiger partial charge in [-0.2, -0.15) is 5.10 Å². The van der Waals surface area contributed by atoms with Crippen molar-refractivity contribution in [2.24, 2.45) is 0 Å². The van der Waals surface area contributed by atoms with Crippen LogP contribution in [-0.4, -0.2) is 37.7 Å². The third-order valence-corrected chi connectivity index (χ3v) is 3.57. The van der Waals surface area contributed by atoms with Crippen LogP contribution in [-0.2, 0) is 10.0 Å². The first kappa shape index (κ1) is 12.4. The van der Waals surface area contributed by atoms with E-state index in [0.29, 0.717) is 11.5 Å². The fourth-order valence-electron chi connectivity index (χ4n) is 1.42. The first-order chi connectivity index (χ1) is 8.50. The molecule has 0 spiro atoms. The summed E-state index contributed by atoms with van der Waals surface area (Å²) in [5.41, 5.74) is 0.420. The third-order valence-electron chi connectivity index (χ3n) is 2.24. The van der Waals surface area contributed by atoms with Crippen LogP contribution in [0.2, 0.25) is 0 Å². The highest BCUT2D eigenvalue weighted by Gasteiger charge is 2.17. The molecule has 0 unspecified atom stereocenters. The minimum Gasteiger partial charge on any atom is -0.361 e. The molecular formula is C10H13N5O2S. The number of hydrogen-bond acceptors (Lipinski definition) is 5. The summed E-state index contributed by atoms with van der Waals surface area (Å²) in [6, 6.07) is 3.32. The monoisotopic (exact) mass is 267 g/mol. The van der Waals surface area contributed by atoms with Gasteiger partial charge in [-0.15, -0.1) is 0 Å². The van der Waals surface area contributed by atoms with Gasteiger partial charge in [-0.1, -0.05) is 0 Å². The Hall–Kier alpha value is -2.09. The lowest BCUT2D eigenvalue weighted by Crippen LogP contribution is -2.17. The van der Waals surface area contributed by atoms with Crippen molar-refractivity contribution in [1.82, 2.24) is 15.2 Å². The molecule has 2 N–H and O–H groups in total. The Balaban J connectivity index is 2.36. The van der Waals surface area contributed by atoms with Gasteiger partial charge < -0.3 is 4.90 Å². The number of pyridine rings is 1. The van der Waals surface area contributed by atoms with Gasteiger partial charge in [0.25, 0.3) is 10.0 Å². The Labute approximate surface area is 105 Å². The number of aromatic nitrogens is 3. The maximum atomic E-state index is 12.0. The van der Waals surface area contributed by atoms with Crippen molar-refractivity contribution in [3.63, 3.8) is 0 Å². The topological polar surface area (TPSA) is 91.0 Å². The van der Waals surface area contributed by atoms with Crippen LogP contribution in [0.1, 0.15) is 0 Å². The molecule has 8 heteroatoms. The molecule has 0 aliphatic carbocycles. The molecule has 0 bridgehead atoms. The molecule has 2 rings (SSSR count). The Bertz CT molecular complexity index is 621. The quantitative estimate of drug-likeness (QED) is 0.849. The normalized spacial score (nSPS) is 11.2. The zero-order chi connectivity index (χ0) is 13.2. The number of H-pyrrole nitrogens is 1. The van der Waals surface area contributed by atoms with Crippen molar-refractivity contribution in [3.8, 4) is 0 Å². The molecule has 0 radical (unpaired) electrons. The van der Waals surface area contributed by atoms with E-state index in [1.807, 2.05) is 0 Å². The number of rotatable bonds is 4. The lowest BCUT2D eigenvalue weighted by molar-refractivity contribution is 0.601. The Morgan fingerprint density at radius 3 is 2.78 bits per heavy atom. The third kappa shape index (κ3) is 2.43. The maximum absolute atomic E-state index is 12.0. The van der Waals surface area contributed by atoms with Gasteiger partial charge in [0.1, 0.15) is 4.90 Å². The molecule has 96 valence electrons. The lowest BCUT2D eigenvalue weighted by Gasteiger charge is -2.16. The van der Waals surface area contributed by atoms with Crippen molar-refractivity contribution in [1.29, 1.82) is 0 Å². The molecular weight excluding hydrogens is 254 g/mol. The number of sulfonamides is 1. The van der Waals surface area contributed by atoms with Crippen LogP contribution >= 0.6 is 0 Å². The van der Waals surface area contributed by atoms with Gasteiger partial charge in [-0.25, -0.2) is 13.4 Å². The summed E-state index contributed by atoms with van der Waals surface area (Å²) in [4.78, 5) is 5.93. The van der Waals surface area contributed by atoms with Gasteiger partial charge >= 0.3 is 0 Å². The fourth-order valence-corrected chi connectivity index (χ4v) is 2.39. The molecule has 7 nitrogen and oxygen atoms in total. The lowest BCUT2D eigenvalue weighted by atomic mass is 10.4. The van der Waals surface area contributed by atoms with Crippen LogP contribution in [0, 0.1) is 0 Å². The van der Waals surface area contributed by atoms with Crippen LogP contribution in [0.4, 0.5) is 11.5 Å². The van der Waals surface area contributed by atoms with Gasteiger partial charge in [-0.3, -0.25) is 9.82 Å². The molecule has 0 atom stereocenters. The van der Waals surface area contributed by atoms with Gasteiger partial charge in [0.2, 0.25) is 0 Å². The van der Waals surface area contributed by atoms with Gasteiger partial charge in [0.05, 0.1) is 11.9 Å². The molecule has 2 aromatic heterocycles. The van der Waals surface area contributed by atoms with Crippen LogP contribution in [0.15, 0.2) is 35.6 Å². The molecule has 0 aliphatic heterocycles. The van der Waals surface area contributed by atoms with Crippen molar-refractivity contribution < 1.29 is 8.42 Å². The van der Waals surface area contributed by atoms with E-state index in [4.69, 9.17) is 0 Å². The van der Waals surface area contributed by atoms with E-state index in [-0.39, 0.29) is 4.90 Å². The maximum Gasteiger partial charge on any atom is 0.265 e. The van der Waals surface area contributed by atoms with Crippen LogP contribution in [0.25, 0.3) is 0 Å². The van der Waals surface area contributed by atoms with Crippen molar-refractivity contribution in [2.75, 3.05) is 23.7 Å². The van der Waals surface area contributed by atoms with Crippen molar-refractivity contribution in [2.45, 2.75) is 4.90 Å². The minimum absolute atomic E-state index is 0.0797. The van der Waals surface area contributed by atoms with E-state index in [1.165, 1.54) is 12.4 Å². The zero-order valence-corrected chi connectivity index (χ0v) is 10.8. The molecule has 2 aromatic rings. The standard InChI is InChI=1S/C10H13N5O2S/c1-15(2)10-9(4-3-5-11-10)14-18(16,17)8-6-12-13-7-8/h3-7,14H,1-2H3,(H,12,13). The summed E-state index contributed by atoms with van der Waals surface area (Å²) < 4.78 is 26.5. The predicted octanol–water partition coefficient (Wildman–Crippen LogP) is 0.671. The number of nitrogens with zero attached hydrogens (tertiary/aromatic N) is 3.